The van der Waals surface area contributed by atoms with Gasteiger partial charge in [0.1, 0.15) is 5.75 Å². The Morgan fingerprint density at radius 1 is 0.884 bits per heavy atom. The lowest BCUT2D eigenvalue weighted by Crippen LogP contribution is -2.38. The molecule has 1 aliphatic rings. The number of non-ortho nitro benzene ring substituents is 1. The Kier molecular flexibility index (Phi) is 10.7. The van der Waals surface area contributed by atoms with E-state index >= 15 is 0 Å². The molecule has 4 rings (SSSR count). The number of esters is 2. The number of nitrogens with zero attached hydrogens (tertiary/aromatic N) is 1. The SMILES string of the molecule is COc1ccc(C(=O)O/C(=C(\OC(=O)/C=C/c2ccc(Cl)cc2)C(=O)NC2CCCCC2)c2ccc([N+](=O)[O-])cc2)cc1. The molecule has 0 saturated heterocycles. The molecule has 222 valence electrons. The molecule has 1 amide bonds. The third-order valence-corrected chi connectivity index (χ3v) is 6.95. The van der Waals surface area contributed by atoms with Crippen LogP contribution >= 0.6 is 11.6 Å². The highest BCUT2D eigenvalue weighted by Gasteiger charge is 2.28. The number of hydrogen-bond donors (Lipinski definition) is 1. The molecular formula is C32H29ClN2O8. The van der Waals surface area contributed by atoms with Crippen LogP contribution in [0.3, 0.4) is 0 Å². The van der Waals surface area contributed by atoms with Crippen molar-refractivity contribution < 1.29 is 33.5 Å². The predicted molar refractivity (Wildman–Crippen MR) is 160 cm³/mol. The van der Waals surface area contributed by atoms with Crippen LogP contribution in [0.1, 0.15) is 53.6 Å². The van der Waals surface area contributed by atoms with Gasteiger partial charge in [0.25, 0.3) is 11.6 Å². The van der Waals surface area contributed by atoms with Crippen molar-refractivity contribution in [3.05, 3.63) is 116 Å². The molecule has 11 heteroatoms. The molecule has 0 aromatic heterocycles. The summed E-state index contributed by atoms with van der Waals surface area (Å²) in [5.74, 6) is -2.97. The van der Waals surface area contributed by atoms with Crippen LogP contribution in [0, 0.1) is 10.1 Å². The van der Waals surface area contributed by atoms with Gasteiger partial charge in [-0.3, -0.25) is 14.9 Å². The summed E-state index contributed by atoms with van der Waals surface area (Å²) in [6, 6.07) is 17.6. The zero-order chi connectivity index (χ0) is 30.8. The fourth-order valence-electron chi connectivity index (χ4n) is 4.42. The van der Waals surface area contributed by atoms with Gasteiger partial charge in [0, 0.05) is 34.8 Å². The van der Waals surface area contributed by atoms with Crippen LogP contribution < -0.4 is 10.1 Å². The maximum Gasteiger partial charge on any atom is 0.343 e. The van der Waals surface area contributed by atoms with Crippen LogP contribution in [-0.4, -0.2) is 35.9 Å². The summed E-state index contributed by atoms with van der Waals surface area (Å²) in [7, 11) is 1.48. The van der Waals surface area contributed by atoms with Crippen LogP contribution in [0.25, 0.3) is 11.8 Å². The third kappa shape index (κ3) is 8.76. The second-order valence-corrected chi connectivity index (χ2v) is 10.1. The number of benzene rings is 3. The summed E-state index contributed by atoms with van der Waals surface area (Å²) >= 11 is 5.93. The summed E-state index contributed by atoms with van der Waals surface area (Å²) in [4.78, 5) is 50.6. The molecule has 3 aromatic carbocycles. The minimum Gasteiger partial charge on any atom is -0.497 e. The van der Waals surface area contributed by atoms with Crippen molar-refractivity contribution in [1.82, 2.24) is 5.32 Å². The Morgan fingerprint density at radius 2 is 1.51 bits per heavy atom. The van der Waals surface area contributed by atoms with Crippen molar-refractivity contribution in [2.75, 3.05) is 7.11 Å². The van der Waals surface area contributed by atoms with E-state index in [4.69, 9.17) is 25.8 Å². The topological polar surface area (TPSA) is 134 Å². The first kappa shape index (κ1) is 31.0. The summed E-state index contributed by atoms with van der Waals surface area (Å²) in [6.07, 6.45) is 6.97. The molecule has 0 radical (unpaired) electrons. The van der Waals surface area contributed by atoms with Crippen LogP contribution in [0.2, 0.25) is 5.02 Å². The summed E-state index contributed by atoms with van der Waals surface area (Å²) in [5, 5.41) is 14.7. The fourth-order valence-corrected chi connectivity index (χ4v) is 4.54. The number of hydrogen-bond acceptors (Lipinski definition) is 8. The first-order chi connectivity index (χ1) is 20.7. The number of rotatable bonds is 10. The van der Waals surface area contributed by atoms with E-state index in [0.717, 1.165) is 38.2 Å². The summed E-state index contributed by atoms with van der Waals surface area (Å²) in [6.45, 7) is 0. The second-order valence-electron chi connectivity index (χ2n) is 9.69. The number of ether oxygens (including phenoxy) is 3. The molecule has 0 bridgehead atoms. The van der Waals surface area contributed by atoms with E-state index in [1.807, 2.05) is 0 Å². The van der Waals surface area contributed by atoms with Crippen molar-refractivity contribution in [3.8, 4) is 5.75 Å². The first-order valence-electron chi connectivity index (χ1n) is 13.5. The van der Waals surface area contributed by atoms with Crippen molar-refractivity contribution in [1.29, 1.82) is 0 Å². The Morgan fingerprint density at radius 3 is 2.12 bits per heavy atom. The lowest BCUT2D eigenvalue weighted by atomic mass is 9.95. The second kappa shape index (κ2) is 14.8. The summed E-state index contributed by atoms with van der Waals surface area (Å²) < 4.78 is 16.4. The zero-order valence-corrected chi connectivity index (χ0v) is 24.0. The maximum absolute atomic E-state index is 13.6. The van der Waals surface area contributed by atoms with E-state index in [1.54, 1.807) is 36.4 Å². The lowest BCUT2D eigenvalue weighted by Gasteiger charge is -2.23. The Hall–Kier alpha value is -4.96. The highest BCUT2D eigenvalue weighted by molar-refractivity contribution is 6.30. The summed E-state index contributed by atoms with van der Waals surface area (Å²) in [5.41, 5.74) is 0.665. The van der Waals surface area contributed by atoms with Crippen molar-refractivity contribution in [2.45, 2.75) is 38.1 Å². The fraction of sp³-hybridized carbons (Fsp3) is 0.219. The van der Waals surface area contributed by atoms with Crippen molar-refractivity contribution >= 4 is 47.0 Å². The molecule has 0 aliphatic heterocycles. The van der Waals surface area contributed by atoms with Crippen molar-refractivity contribution in [2.24, 2.45) is 0 Å². The van der Waals surface area contributed by atoms with Crippen LogP contribution in [-0.2, 0) is 19.1 Å². The minimum absolute atomic E-state index is 0.107. The number of carbonyl (C=O) groups excluding carboxylic acids is 3. The van der Waals surface area contributed by atoms with E-state index in [0.29, 0.717) is 16.3 Å². The molecule has 0 unspecified atom stereocenters. The van der Waals surface area contributed by atoms with E-state index in [-0.39, 0.29) is 28.6 Å². The van der Waals surface area contributed by atoms with E-state index in [2.05, 4.69) is 5.32 Å². The number of nitro benzene ring substituents is 1. The third-order valence-electron chi connectivity index (χ3n) is 6.70. The van der Waals surface area contributed by atoms with Crippen LogP contribution in [0.15, 0.2) is 84.6 Å². The van der Waals surface area contributed by atoms with E-state index < -0.39 is 28.5 Å². The van der Waals surface area contributed by atoms with Gasteiger partial charge < -0.3 is 19.5 Å². The largest absolute Gasteiger partial charge is 0.497 e. The molecule has 0 spiro atoms. The van der Waals surface area contributed by atoms with E-state index in [1.165, 1.54) is 49.6 Å². The molecule has 10 nitrogen and oxygen atoms in total. The monoisotopic (exact) mass is 604 g/mol. The molecule has 0 atom stereocenters. The zero-order valence-electron chi connectivity index (χ0n) is 23.3. The number of amides is 1. The Bertz CT molecular complexity index is 1530. The smallest absolute Gasteiger partial charge is 0.343 e. The van der Waals surface area contributed by atoms with Crippen LogP contribution in [0.5, 0.6) is 5.75 Å². The van der Waals surface area contributed by atoms with Gasteiger partial charge in [0.2, 0.25) is 5.76 Å². The number of methoxy groups -OCH3 is 1. The standard InChI is InChI=1S/C32H29ClN2O8/c1-41-27-18-12-23(13-19-27)32(38)43-29(22-10-16-26(17-11-22)35(39)40)30(31(37)34-25-5-3-2-4-6-25)42-28(36)20-9-21-7-14-24(33)15-8-21/h7-20,25H,2-6H2,1H3,(H,34,37)/b20-9+,30-29-. The van der Waals surface area contributed by atoms with Gasteiger partial charge in [-0.05, 0) is 73.0 Å². The highest BCUT2D eigenvalue weighted by atomic mass is 35.5. The minimum atomic E-state index is -0.913. The van der Waals surface area contributed by atoms with E-state index in [9.17, 15) is 24.5 Å². The van der Waals surface area contributed by atoms with Gasteiger partial charge in [-0.25, -0.2) is 9.59 Å². The first-order valence-corrected chi connectivity index (χ1v) is 13.9. The Balaban J connectivity index is 1.74. The molecule has 3 aromatic rings. The van der Waals surface area contributed by atoms with Gasteiger partial charge in [0.15, 0.2) is 5.76 Å². The van der Waals surface area contributed by atoms with Gasteiger partial charge in [-0.1, -0.05) is 43.0 Å². The average Bonchev–Trinajstić information content (AvgIpc) is 3.03. The number of nitro groups is 1. The maximum atomic E-state index is 13.6. The lowest BCUT2D eigenvalue weighted by molar-refractivity contribution is -0.384. The molecule has 1 saturated carbocycles. The number of halogens is 1. The molecule has 43 heavy (non-hydrogen) atoms. The predicted octanol–water partition coefficient (Wildman–Crippen LogP) is 6.49. The normalized spacial score (nSPS) is 14.0. The Labute approximate surface area is 253 Å². The molecule has 0 heterocycles. The van der Waals surface area contributed by atoms with Crippen LogP contribution in [0.4, 0.5) is 5.69 Å². The quantitative estimate of drug-likeness (QED) is 0.0912. The number of carbonyl (C=O) groups is 3. The molecule has 1 fully saturated rings. The average molecular weight is 605 g/mol. The van der Waals surface area contributed by atoms with Crippen molar-refractivity contribution in [3.63, 3.8) is 0 Å². The highest BCUT2D eigenvalue weighted by Crippen LogP contribution is 2.27. The van der Waals surface area contributed by atoms with Gasteiger partial charge in [-0.15, -0.1) is 0 Å². The van der Waals surface area contributed by atoms with Gasteiger partial charge in [-0.2, -0.15) is 0 Å². The molecular weight excluding hydrogens is 576 g/mol. The number of nitrogens with one attached hydrogen (secondary N) is 1. The van der Waals surface area contributed by atoms with Gasteiger partial charge in [0.05, 0.1) is 17.6 Å². The van der Waals surface area contributed by atoms with Gasteiger partial charge >= 0.3 is 11.9 Å². The molecule has 1 aliphatic carbocycles. The molecule has 1 N–H and O–H groups in total.